The molecule has 0 radical (unpaired) electrons. The standard InChI is InChI=1S/C11H16N2O5/c1-16-10-5-4-8(6-9(10)13(14)15)12-7-11(17-2)18-3/h4-6,11-12H,7H2,1-3H3. The van der Waals surface area contributed by atoms with Gasteiger partial charge in [0.05, 0.1) is 18.6 Å². The maximum absolute atomic E-state index is 10.8. The van der Waals surface area contributed by atoms with Crippen molar-refractivity contribution in [1.82, 2.24) is 0 Å². The SMILES string of the molecule is COc1ccc(NCC(OC)OC)cc1[N+](=O)[O-]. The zero-order chi connectivity index (χ0) is 13.5. The second-order valence-corrected chi connectivity index (χ2v) is 3.43. The van der Waals surface area contributed by atoms with E-state index in [1.54, 1.807) is 6.07 Å². The summed E-state index contributed by atoms with van der Waals surface area (Å²) < 4.78 is 14.9. The third-order valence-corrected chi connectivity index (χ3v) is 2.37. The summed E-state index contributed by atoms with van der Waals surface area (Å²) in [5.74, 6) is 0.223. The molecule has 0 heterocycles. The number of anilines is 1. The van der Waals surface area contributed by atoms with Crippen molar-refractivity contribution in [3.8, 4) is 5.75 Å². The molecule has 0 amide bonds. The molecule has 0 saturated carbocycles. The van der Waals surface area contributed by atoms with Crippen LogP contribution in [0.15, 0.2) is 18.2 Å². The number of hydrogen-bond donors (Lipinski definition) is 1. The molecule has 0 atom stereocenters. The average molecular weight is 256 g/mol. The van der Waals surface area contributed by atoms with Crippen LogP contribution in [0.25, 0.3) is 0 Å². The molecule has 1 N–H and O–H groups in total. The number of benzene rings is 1. The second kappa shape index (κ2) is 6.77. The smallest absolute Gasteiger partial charge is 0.312 e. The molecule has 0 bridgehead atoms. The molecule has 1 rings (SSSR count). The molecule has 0 fully saturated rings. The number of ether oxygens (including phenoxy) is 3. The lowest BCUT2D eigenvalue weighted by atomic mass is 10.2. The van der Waals surface area contributed by atoms with Gasteiger partial charge in [-0.05, 0) is 12.1 Å². The predicted octanol–water partition coefficient (Wildman–Crippen LogP) is 1.63. The van der Waals surface area contributed by atoms with Crippen molar-refractivity contribution in [1.29, 1.82) is 0 Å². The topological polar surface area (TPSA) is 82.9 Å². The Kier molecular flexibility index (Phi) is 5.34. The van der Waals surface area contributed by atoms with Gasteiger partial charge in [-0.25, -0.2) is 0 Å². The highest BCUT2D eigenvalue weighted by molar-refractivity contribution is 5.58. The first-order valence-corrected chi connectivity index (χ1v) is 5.24. The third-order valence-electron chi connectivity index (χ3n) is 2.37. The number of nitro groups is 1. The zero-order valence-corrected chi connectivity index (χ0v) is 10.5. The molecule has 1 aromatic rings. The van der Waals surface area contributed by atoms with E-state index in [-0.39, 0.29) is 11.4 Å². The quantitative estimate of drug-likeness (QED) is 0.453. The molecule has 0 unspecified atom stereocenters. The minimum absolute atomic E-state index is 0.0890. The minimum atomic E-state index is -0.492. The number of nitrogens with zero attached hydrogens (tertiary/aromatic N) is 1. The average Bonchev–Trinajstić information content (AvgIpc) is 2.39. The van der Waals surface area contributed by atoms with Gasteiger partial charge in [-0.1, -0.05) is 0 Å². The lowest BCUT2D eigenvalue weighted by Crippen LogP contribution is -2.23. The van der Waals surface area contributed by atoms with Crippen LogP contribution in [0.2, 0.25) is 0 Å². The molecule has 7 nitrogen and oxygen atoms in total. The summed E-state index contributed by atoms with van der Waals surface area (Å²) in [4.78, 5) is 10.3. The molecule has 0 aliphatic carbocycles. The summed E-state index contributed by atoms with van der Waals surface area (Å²) in [6.45, 7) is 0.385. The highest BCUT2D eigenvalue weighted by atomic mass is 16.7. The van der Waals surface area contributed by atoms with E-state index >= 15 is 0 Å². The molecule has 7 heteroatoms. The summed E-state index contributed by atoms with van der Waals surface area (Å²) in [5.41, 5.74) is 0.510. The Bertz CT molecular complexity index is 406. The van der Waals surface area contributed by atoms with Crippen LogP contribution in [0.5, 0.6) is 5.75 Å². The van der Waals surface area contributed by atoms with E-state index in [4.69, 9.17) is 14.2 Å². The van der Waals surface area contributed by atoms with Crippen molar-refractivity contribution in [3.63, 3.8) is 0 Å². The Morgan fingerprint density at radius 3 is 2.50 bits per heavy atom. The van der Waals surface area contributed by atoms with Crippen LogP contribution in [0.4, 0.5) is 11.4 Å². The van der Waals surface area contributed by atoms with Gasteiger partial charge in [-0.2, -0.15) is 0 Å². The fourth-order valence-electron chi connectivity index (χ4n) is 1.41. The van der Waals surface area contributed by atoms with Gasteiger partial charge >= 0.3 is 5.69 Å². The van der Waals surface area contributed by atoms with Crippen LogP contribution in [-0.2, 0) is 9.47 Å². The van der Waals surface area contributed by atoms with E-state index < -0.39 is 11.2 Å². The fraction of sp³-hybridized carbons (Fsp3) is 0.455. The maximum atomic E-state index is 10.8. The van der Waals surface area contributed by atoms with Crippen molar-refractivity contribution < 1.29 is 19.1 Å². The van der Waals surface area contributed by atoms with Crippen LogP contribution in [0.3, 0.4) is 0 Å². The third kappa shape index (κ3) is 3.57. The number of nitrogens with one attached hydrogen (secondary N) is 1. The molecular formula is C11H16N2O5. The first-order chi connectivity index (χ1) is 8.62. The largest absolute Gasteiger partial charge is 0.490 e. The Morgan fingerprint density at radius 2 is 2.00 bits per heavy atom. The first-order valence-electron chi connectivity index (χ1n) is 5.24. The van der Waals surface area contributed by atoms with E-state index in [2.05, 4.69) is 5.32 Å². The van der Waals surface area contributed by atoms with Gasteiger partial charge in [0.25, 0.3) is 0 Å². The highest BCUT2D eigenvalue weighted by Gasteiger charge is 2.15. The summed E-state index contributed by atoms with van der Waals surface area (Å²) in [6, 6.07) is 4.63. The van der Waals surface area contributed by atoms with Crippen LogP contribution in [-0.4, -0.2) is 39.1 Å². The minimum Gasteiger partial charge on any atom is -0.490 e. The van der Waals surface area contributed by atoms with Gasteiger partial charge < -0.3 is 19.5 Å². The number of methoxy groups -OCH3 is 3. The first kappa shape index (κ1) is 14.2. The maximum Gasteiger partial charge on any atom is 0.312 e. The molecular weight excluding hydrogens is 240 g/mol. The summed E-state index contributed by atoms with van der Waals surface area (Å²) in [5, 5.41) is 13.8. The van der Waals surface area contributed by atoms with Crippen LogP contribution < -0.4 is 10.1 Å². The van der Waals surface area contributed by atoms with Crippen LogP contribution in [0, 0.1) is 10.1 Å². The van der Waals surface area contributed by atoms with Crippen molar-refractivity contribution in [2.75, 3.05) is 33.2 Å². The molecule has 100 valence electrons. The summed E-state index contributed by atoms with van der Waals surface area (Å²) >= 11 is 0. The van der Waals surface area contributed by atoms with Crippen molar-refractivity contribution in [2.45, 2.75) is 6.29 Å². The van der Waals surface area contributed by atoms with Gasteiger partial charge in [0, 0.05) is 26.0 Å². The number of rotatable bonds is 7. The van der Waals surface area contributed by atoms with Crippen molar-refractivity contribution in [3.05, 3.63) is 28.3 Å². The van der Waals surface area contributed by atoms with Gasteiger partial charge in [0.15, 0.2) is 12.0 Å². The van der Waals surface area contributed by atoms with E-state index in [1.807, 2.05) is 0 Å². The lowest BCUT2D eigenvalue weighted by molar-refractivity contribution is -0.385. The predicted molar refractivity (Wildman–Crippen MR) is 65.9 cm³/mol. The monoisotopic (exact) mass is 256 g/mol. The zero-order valence-electron chi connectivity index (χ0n) is 10.5. The molecule has 0 spiro atoms. The van der Waals surface area contributed by atoms with Crippen LogP contribution >= 0.6 is 0 Å². The molecule has 1 aromatic carbocycles. The second-order valence-electron chi connectivity index (χ2n) is 3.43. The summed E-state index contributed by atoms with van der Waals surface area (Å²) in [7, 11) is 4.43. The van der Waals surface area contributed by atoms with E-state index in [1.165, 1.54) is 33.5 Å². The Hall–Kier alpha value is -1.86. The van der Waals surface area contributed by atoms with Gasteiger partial charge in [0.1, 0.15) is 0 Å². The van der Waals surface area contributed by atoms with Gasteiger partial charge in [-0.15, -0.1) is 0 Å². The molecule has 18 heavy (non-hydrogen) atoms. The normalized spacial score (nSPS) is 10.4. The summed E-state index contributed by atoms with van der Waals surface area (Å²) in [6.07, 6.45) is -0.411. The fourth-order valence-corrected chi connectivity index (χ4v) is 1.41. The Labute approximate surface area is 105 Å². The molecule has 0 aliphatic rings. The lowest BCUT2D eigenvalue weighted by Gasteiger charge is -2.15. The van der Waals surface area contributed by atoms with E-state index in [9.17, 15) is 10.1 Å². The molecule has 0 aromatic heterocycles. The van der Waals surface area contributed by atoms with Gasteiger partial charge in [-0.3, -0.25) is 10.1 Å². The van der Waals surface area contributed by atoms with E-state index in [0.717, 1.165) is 0 Å². The van der Waals surface area contributed by atoms with Crippen molar-refractivity contribution in [2.24, 2.45) is 0 Å². The molecule has 0 saturated heterocycles. The Morgan fingerprint density at radius 1 is 1.33 bits per heavy atom. The number of hydrogen-bond acceptors (Lipinski definition) is 6. The highest BCUT2D eigenvalue weighted by Crippen LogP contribution is 2.29. The Balaban J connectivity index is 2.79. The van der Waals surface area contributed by atoms with Crippen molar-refractivity contribution >= 4 is 11.4 Å². The van der Waals surface area contributed by atoms with Gasteiger partial charge in [0.2, 0.25) is 0 Å². The number of nitro benzene ring substituents is 1. The molecule has 0 aliphatic heterocycles. The van der Waals surface area contributed by atoms with E-state index in [0.29, 0.717) is 12.2 Å². The van der Waals surface area contributed by atoms with Crippen LogP contribution in [0.1, 0.15) is 0 Å².